The lowest BCUT2D eigenvalue weighted by atomic mass is 10.1. The summed E-state index contributed by atoms with van der Waals surface area (Å²) in [6.45, 7) is 7.64. The van der Waals surface area contributed by atoms with Crippen LogP contribution in [-0.4, -0.2) is 34.1 Å². The molecule has 1 aromatic carbocycles. The molecule has 1 aliphatic heterocycles. The lowest BCUT2D eigenvalue weighted by Gasteiger charge is -2.13. The number of aryl methyl sites for hydroxylation is 2. The van der Waals surface area contributed by atoms with Crippen molar-refractivity contribution in [1.82, 2.24) is 15.1 Å². The number of amides is 1. The van der Waals surface area contributed by atoms with Crippen molar-refractivity contribution in [3.05, 3.63) is 52.5 Å². The zero-order valence-electron chi connectivity index (χ0n) is 18.0. The molecule has 0 unspecified atom stereocenters. The van der Waals surface area contributed by atoms with Crippen LogP contribution >= 0.6 is 0 Å². The molecule has 2 N–H and O–H groups in total. The molecule has 1 aromatic heterocycles. The van der Waals surface area contributed by atoms with Crippen molar-refractivity contribution in [2.45, 2.75) is 40.5 Å². The van der Waals surface area contributed by atoms with Gasteiger partial charge >= 0.3 is 5.97 Å². The number of rotatable bonds is 5. The Hall–Kier alpha value is -3.42. The van der Waals surface area contributed by atoms with Crippen molar-refractivity contribution in [2.75, 3.05) is 11.9 Å². The van der Waals surface area contributed by atoms with Gasteiger partial charge in [0.25, 0.3) is 0 Å². The molecule has 8 nitrogen and oxygen atoms in total. The molecule has 1 aliphatic rings. The number of hydrogen-bond donors (Lipinski definition) is 2. The smallest absolute Gasteiger partial charge is 0.343 e. The number of allylic oxidation sites excluding steroid dienone is 1. The number of para-hydroxylation sites is 2. The van der Waals surface area contributed by atoms with Gasteiger partial charge in [-0.2, -0.15) is 5.10 Å². The maximum Gasteiger partial charge on any atom is 0.343 e. The van der Waals surface area contributed by atoms with Gasteiger partial charge in [-0.15, -0.1) is 0 Å². The van der Waals surface area contributed by atoms with Crippen LogP contribution in [0.25, 0.3) is 0 Å². The molecule has 3 rings (SSSR count). The second kappa shape index (κ2) is 8.94. The lowest BCUT2D eigenvalue weighted by Crippen LogP contribution is -2.35. The predicted octanol–water partition coefficient (Wildman–Crippen LogP) is 3.08. The van der Waals surface area contributed by atoms with E-state index >= 15 is 0 Å². The molecule has 2 heterocycles. The maximum absolute atomic E-state index is 12.8. The number of esters is 1. The van der Waals surface area contributed by atoms with E-state index in [2.05, 4.69) is 20.7 Å². The van der Waals surface area contributed by atoms with Crippen LogP contribution in [0, 0.1) is 13.8 Å². The lowest BCUT2D eigenvalue weighted by molar-refractivity contribution is -0.137. The highest BCUT2D eigenvalue weighted by Crippen LogP contribution is 2.30. The average Bonchev–Trinajstić information content (AvgIpc) is 2.84. The number of hydrogen-bond acceptors (Lipinski definition) is 6. The molecule has 0 aliphatic carbocycles. The highest BCUT2D eigenvalue weighted by molar-refractivity contribution is 6.24. The molecule has 8 heteroatoms. The van der Waals surface area contributed by atoms with Crippen molar-refractivity contribution in [2.24, 2.45) is 12.0 Å². The summed E-state index contributed by atoms with van der Waals surface area (Å²) < 4.78 is 7.01. The first-order valence-corrected chi connectivity index (χ1v) is 9.93. The fourth-order valence-electron chi connectivity index (χ4n) is 3.45. The summed E-state index contributed by atoms with van der Waals surface area (Å²) in [5, 5.41) is 10.4. The number of amidine groups is 1. The Morgan fingerprint density at radius 1 is 1.20 bits per heavy atom. The Kier molecular flexibility index (Phi) is 6.34. The fraction of sp³-hybridized carbons (Fsp3) is 0.364. The molecule has 0 spiro atoms. The van der Waals surface area contributed by atoms with Crippen LogP contribution in [0.4, 0.5) is 11.4 Å². The largest absolute Gasteiger partial charge is 0.462 e. The SMILES string of the molecule is CCOC(=O)C1=C(C)Nc2ccccc2N=C1NC(=O)CCc1c(C)nn(C)c1C. The van der Waals surface area contributed by atoms with Crippen LogP contribution in [0.15, 0.2) is 40.5 Å². The second-order valence-electron chi connectivity index (χ2n) is 7.14. The predicted molar refractivity (Wildman–Crippen MR) is 116 cm³/mol. The van der Waals surface area contributed by atoms with Crippen molar-refractivity contribution in [1.29, 1.82) is 0 Å². The van der Waals surface area contributed by atoms with Gasteiger partial charge in [-0.1, -0.05) is 12.1 Å². The number of anilines is 1. The van der Waals surface area contributed by atoms with Crippen LogP contribution < -0.4 is 10.6 Å². The van der Waals surface area contributed by atoms with E-state index in [0.717, 1.165) is 22.6 Å². The second-order valence-corrected chi connectivity index (χ2v) is 7.14. The quantitative estimate of drug-likeness (QED) is 0.740. The standard InChI is InChI=1S/C22H27N5O3/c1-6-30-22(29)20-14(3)23-17-9-7-8-10-18(17)24-21(20)25-19(28)12-11-16-13(2)26-27(5)15(16)4/h7-10,23H,6,11-12H2,1-5H3,(H,24,25,28). The molecule has 158 valence electrons. The van der Waals surface area contributed by atoms with Crippen molar-refractivity contribution in [3.63, 3.8) is 0 Å². The fourth-order valence-corrected chi connectivity index (χ4v) is 3.45. The van der Waals surface area contributed by atoms with Gasteiger partial charge in [-0.3, -0.25) is 9.48 Å². The minimum absolute atomic E-state index is 0.188. The third-order valence-electron chi connectivity index (χ3n) is 5.07. The number of carbonyl (C=O) groups is 2. The molecule has 0 bridgehead atoms. The first-order chi connectivity index (χ1) is 14.3. The summed E-state index contributed by atoms with van der Waals surface area (Å²) >= 11 is 0. The van der Waals surface area contributed by atoms with Crippen molar-refractivity contribution < 1.29 is 14.3 Å². The van der Waals surface area contributed by atoms with E-state index in [1.165, 1.54) is 0 Å². The third-order valence-corrected chi connectivity index (χ3v) is 5.07. The van der Waals surface area contributed by atoms with Gasteiger partial charge in [0.2, 0.25) is 5.91 Å². The summed E-state index contributed by atoms with van der Waals surface area (Å²) in [5.74, 6) is -0.577. The molecule has 0 radical (unpaired) electrons. The third kappa shape index (κ3) is 4.42. The molecule has 1 amide bonds. The number of aromatic nitrogens is 2. The minimum Gasteiger partial charge on any atom is -0.462 e. The summed E-state index contributed by atoms with van der Waals surface area (Å²) in [7, 11) is 1.88. The highest BCUT2D eigenvalue weighted by atomic mass is 16.5. The Morgan fingerprint density at radius 3 is 2.60 bits per heavy atom. The van der Waals surface area contributed by atoms with E-state index in [0.29, 0.717) is 17.8 Å². The zero-order valence-corrected chi connectivity index (χ0v) is 18.0. The Morgan fingerprint density at radius 2 is 1.93 bits per heavy atom. The van der Waals surface area contributed by atoms with E-state index in [1.54, 1.807) is 13.8 Å². The van der Waals surface area contributed by atoms with Gasteiger partial charge in [0.05, 0.1) is 23.7 Å². The van der Waals surface area contributed by atoms with Gasteiger partial charge in [-0.05, 0) is 51.8 Å². The molecule has 30 heavy (non-hydrogen) atoms. The van der Waals surface area contributed by atoms with Gasteiger partial charge in [0, 0.05) is 24.9 Å². The highest BCUT2D eigenvalue weighted by Gasteiger charge is 2.26. The van der Waals surface area contributed by atoms with E-state index in [4.69, 9.17) is 4.74 Å². The topological polar surface area (TPSA) is 97.6 Å². The molecule has 0 atom stereocenters. The molecular formula is C22H27N5O3. The first-order valence-electron chi connectivity index (χ1n) is 9.93. The van der Waals surface area contributed by atoms with E-state index in [-0.39, 0.29) is 30.3 Å². The Balaban J connectivity index is 1.86. The molecule has 0 fully saturated rings. The van der Waals surface area contributed by atoms with Gasteiger partial charge in [-0.25, -0.2) is 9.79 Å². The van der Waals surface area contributed by atoms with Crippen LogP contribution in [0.5, 0.6) is 0 Å². The van der Waals surface area contributed by atoms with Crippen molar-refractivity contribution >= 4 is 29.1 Å². The normalized spacial score (nSPS) is 13.2. The molecule has 0 saturated carbocycles. The van der Waals surface area contributed by atoms with Crippen LogP contribution in [0.3, 0.4) is 0 Å². The zero-order chi connectivity index (χ0) is 21.8. The Labute approximate surface area is 176 Å². The number of nitrogens with one attached hydrogen (secondary N) is 2. The number of nitrogens with zero attached hydrogens (tertiary/aromatic N) is 3. The first kappa shape index (κ1) is 21.3. The number of fused-ring (bicyclic) bond motifs is 1. The molecule has 2 aromatic rings. The summed E-state index contributed by atoms with van der Waals surface area (Å²) in [4.78, 5) is 29.9. The number of ether oxygens (including phenoxy) is 1. The van der Waals surface area contributed by atoms with Crippen molar-refractivity contribution in [3.8, 4) is 0 Å². The summed E-state index contributed by atoms with van der Waals surface area (Å²) in [5.41, 5.74) is 5.17. The van der Waals surface area contributed by atoms with Crippen LogP contribution in [-0.2, 0) is 27.8 Å². The van der Waals surface area contributed by atoms with E-state index < -0.39 is 5.97 Å². The monoisotopic (exact) mass is 409 g/mol. The van der Waals surface area contributed by atoms with E-state index in [1.807, 2.05) is 49.8 Å². The maximum atomic E-state index is 12.8. The number of benzene rings is 1. The number of aliphatic imine (C=N–C) groups is 1. The Bertz CT molecular complexity index is 1050. The van der Waals surface area contributed by atoms with Crippen LogP contribution in [0.1, 0.15) is 37.2 Å². The minimum atomic E-state index is -0.534. The molecule has 0 saturated heterocycles. The number of carbonyl (C=O) groups excluding carboxylic acids is 2. The van der Waals surface area contributed by atoms with Crippen LogP contribution in [0.2, 0.25) is 0 Å². The average molecular weight is 409 g/mol. The summed E-state index contributed by atoms with van der Waals surface area (Å²) in [6, 6.07) is 7.41. The van der Waals surface area contributed by atoms with E-state index in [9.17, 15) is 9.59 Å². The van der Waals surface area contributed by atoms with Gasteiger partial charge in [0.1, 0.15) is 11.4 Å². The summed E-state index contributed by atoms with van der Waals surface area (Å²) in [6.07, 6.45) is 0.799. The molecular weight excluding hydrogens is 382 g/mol. The van der Waals surface area contributed by atoms with Gasteiger partial charge < -0.3 is 15.4 Å². The van der Waals surface area contributed by atoms with Gasteiger partial charge in [0.15, 0.2) is 0 Å².